The topological polar surface area (TPSA) is 65.5 Å². The standard InChI is InChI=1S/C31H25F3NO4PS/c1-38-25-19-17-24(18-20-25)30-23-29(21-22-35-30)40(26-11-5-2-6-12-26,27-13-7-3-8-14-27,28-15-9-4-10-16-28)39-41(36,37)31(32,33)34/h2-23H,1H3. The van der Waals surface area contributed by atoms with Gasteiger partial charge in [0.05, 0.1) is 0 Å². The summed E-state index contributed by atoms with van der Waals surface area (Å²) < 4.78 is 80.5. The zero-order chi connectivity index (χ0) is 29.2. The molecule has 5 aromatic rings. The summed E-state index contributed by atoms with van der Waals surface area (Å²) >= 11 is 0. The number of benzene rings is 4. The number of rotatable bonds is 8. The third-order valence-corrected chi connectivity index (χ3v) is 14.6. The third-order valence-electron chi connectivity index (χ3n) is 6.90. The average molecular weight is 596 g/mol. The van der Waals surface area contributed by atoms with Crippen LogP contribution in [0.2, 0.25) is 0 Å². The van der Waals surface area contributed by atoms with E-state index in [9.17, 15) is 21.6 Å². The molecule has 0 unspecified atom stereocenters. The molecule has 0 aliphatic rings. The van der Waals surface area contributed by atoms with Gasteiger partial charge in [-0.25, -0.2) is 0 Å². The Balaban J connectivity index is 2.01. The molecule has 0 saturated carbocycles. The Hall–Kier alpha value is -4.04. The summed E-state index contributed by atoms with van der Waals surface area (Å²) in [6, 6.07) is 34.8. The van der Waals surface area contributed by atoms with E-state index in [-0.39, 0.29) is 21.2 Å². The van der Waals surface area contributed by atoms with Gasteiger partial charge in [0, 0.05) is 0 Å². The molecule has 0 aliphatic heterocycles. The molecular weight excluding hydrogens is 570 g/mol. The first-order valence-corrected chi connectivity index (χ1v) is 16.0. The fourth-order valence-corrected chi connectivity index (χ4v) is 13.1. The summed E-state index contributed by atoms with van der Waals surface area (Å²) in [5.74, 6) is 0.613. The second kappa shape index (κ2) is 10.7. The molecule has 210 valence electrons. The van der Waals surface area contributed by atoms with Gasteiger partial charge in [0.1, 0.15) is 0 Å². The molecule has 0 fully saturated rings. The van der Waals surface area contributed by atoms with Crippen LogP contribution in [-0.4, -0.2) is 26.0 Å². The van der Waals surface area contributed by atoms with Crippen molar-refractivity contribution in [2.24, 2.45) is 0 Å². The van der Waals surface area contributed by atoms with Gasteiger partial charge in [0.25, 0.3) is 0 Å². The van der Waals surface area contributed by atoms with Gasteiger partial charge >= 0.3 is 237 Å². The number of halogens is 3. The molecule has 0 saturated heterocycles. The molecule has 1 heterocycles. The van der Waals surface area contributed by atoms with Gasteiger partial charge in [0.15, 0.2) is 0 Å². The molecule has 10 heteroatoms. The predicted molar refractivity (Wildman–Crippen MR) is 157 cm³/mol. The summed E-state index contributed by atoms with van der Waals surface area (Å²) in [7, 11) is -4.63. The van der Waals surface area contributed by atoms with Crippen molar-refractivity contribution in [1.82, 2.24) is 4.98 Å². The molecule has 5 rings (SSSR count). The van der Waals surface area contributed by atoms with Crippen LogP contribution in [0.4, 0.5) is 13.2 Å². The van der Waals surface area contributed by atoms with E-state index >= 15 is 0 Å². The van der Waals surface area contributed by atoms with Crippen molar-refractivity contribution in [1.29, 1.82) is 0 Å². The predicted octanol–water partition coefficient (Wildman–Crippen LogP) is 5.69. The van der Waals surface area contributed by atoms with Crippen LogP contribution in [0.1, 0.15) is 0 Å². The van der Waals surface area contributed by atoms with E-state index in [2.05, 4.69) is 4.98 Å². The summed E-state index contributed by atoms with van der Waals surface area (Å²) in [6.45, 7) is -5.19. The summed E-state index contributed by atoms with van der Waals surface area (Å²) in [5, 5.41) is 1.05. The summed E-state index contributed by atoms with van der Waals surface area (Å²) in [5.41, 5.74) is -4.63. The zero-order valence-electron chi connectivity index (χ0n) is 21.8. The van der Waals surface area contributed by atoms with Crippen molar-refractivity contribution in [3.05, 3.63) is 134 Å². The molecule has 4 aromatic carbocycles. The van der Waals surface area contributed by atoms with E-state index in [1.807, 2.05) is 0 Å². The molecule has 0 N–H and O–H groups in total. The maximum atomic E-state index is 14.3. The zero-order valence-corrected chi connectivity index (χ0v) is 23.5. The molecule has 0 atom stereocenters. The van der Waals surface area contributed by atoms with E-state index in [0.29, 0.717) is 17.0 Å². The maximum absolute atomic E-state index is 14.3. The Morgan fingerprint density at radius 2 is 1.12 bits per heavy atom. The first-order valence-electron chi connectivity index (χ1n) is 12.4. The van der Waals surface area contributed by atoms with E-state index in [4.69, 9.17) is 8.71 Å². The minimum absolute atomic E-state index is 0.230. The van der Waals surface area contributed by atoms with E-state index in [1.54, 1.807) is 121 Å². The third kappa shape index (κ3) is 4.70. The van der Waals surface area contributed by atoms with Crippen LogP contribution in [-0.2, 0) is 14.1 Å². The molecule has 1 aromatic heterocycles. The van der Waals surface area contributed by atoms with Crippen LogP contribution in [0.15, 0.2) is 134 Å². The van der Waals surface area contributed by atoms with Crippen LogP contribution >= 0.6 is 6.83 Å². The molecule has 0 bridgehead atoms. The van der Waals surface area contributed by atoms with Crippen molar-refractivity contribution in [2.45, 2.75) is 5.51 Å². The first-order chi connectivity index (χ1) is 19.6. The van der Waals surface area contributed by atoms with Gasteiger partial charge < -0.3 is 0 Å². The molecule has 0 amide bonds. The Morgan fingerprint density at radius 1 is 0.659 bits per heavy atom. The van der Waals surface area contributed by atoms with Gasteiger partial charge in [-0.3, -0.25) is 0 Å². The average Bonchev–Trinajstić information content (AvgIpc) is 3.01. The van der Waals surface area contributed by atoms with Crippen LogP contribution in [0.25, 0.3) is 11.3 Å². The monoisotopic (exact) mass is 595 g/mol. The SMILES string of the molecule is COc1ccc(-c2cc(P(OS(=O)(=O)C(F)(F)F)(c3ccccc3)(c3ccccc3)c3ccccc3)ccn2)cc1. The molecule has 0 radical (unpaired) electrons. The van der Waals surface area contributed by atoms with E-state index in [0.717, 1.165) is 0 Å². The summed E-state index contributed by atoms with van der Waals surface area (Å²) in [6.07, 6.45) is 1.45. The van der Waals surface area contributed by atoms with E-state index in [1.165, 1.54) is 19.4 Å². The number of methoxy groups -OCH3 is 1. The van der Waals surface area contributed by atoms with Gasteiger partial charge in [-0.1, -0.05) is 0 Å². The minimum atomic E-state index is -6.17. The normalized spacial score (nSPS) is 13.2. The number of ether oxygens (including phenoxy) is 1. The number of hydrogen-bond acceptors (Lipinski definition) is 5. The Bertz CT molecular complexity index is 1650. The second-order valence-corrected chi connectivity index (χ2v) is 15.2. The molecule has 0 aliphatic carbocycles. The van der Waals surface area contributed by atoms with Crippen molar-refractivity contribution in [3.8, 4) is 17.0 Å². The van der Waals surface area contributed by atoms with Crippen molar-refractivity contribution in [2.75, 3.05) is 7.11 Å². The number of nitrogens with zero attached hydrogens (tertiary/aromatic N) is 1. The second-order valence-electron chi connectivity index (χ2n) is 9.14. The van der Waals surface area contributed by atoms with Crippen molar-refractivity contribution >= 4 is 38.2 Å². The fourth-order valence-electron chi connectivity index (χ4n) is 5.05. The number of hydrogen-bond donors (Lipinski definition) is 0. The Labute approximate surface area is 236 Å². The molecule has 41 heavy (non-hydrogen) atoms. The van der Waals surface area contributed by atoms with Gasteiger partial charge in [-0.05, 0) is 0 Å². The van der Waals surface area contributed by atoms with Gasteiger partial charge in [0.2, 0.25) is 0 Å². The Morgan fingerprint density at radius 3 is 1.54 bits per heavy atom. The number of alkyl halides is 3. The molecule has 0 spiro atoms. The van der Waals surface area contributed by atoms with Gasteiger partial charge in [-0.15, -0.1) is 0 Å². The van der Waals surface area contributed by atoms with E-state index < -0.39 is 22.5 Å². The molecular formula is C31H25F3NO4PS. The van der Waals surface area contributed by atoms with Crippen molar-refractivity contribution < 1.29 is 30.3 Å². The summed E-state index contributed by atoms with van der Waals surface area (Å²) in [4.78, 5) is 4.49. The number of pyridine rings is 1. The van der Waals surface area contributed by atoms with Crippen LogP contribution in [0, 0.1) is 0 Å². The first kappa shape index (κ1) is 28.5. The van der Waals surface area contributed by atoms with Crippen LogP contribution in [0.5, 0.6) is 5.75 Å². The van der Waals surface area contributed by atoms with Crippen LogP contribution < -0.4 is 26.0 Å². The van der Waals surface area contributed by atoms with Crippen molar-refractivity contribution in [3.63, 3.8) is 0 Å². The quantitative estimate of drug-likeness (QED) is 0.170. The molecule has 5 nitrogen and oxygen atoms in total. The van der Waals surface area contributed by atoms with Crippen LogP contribution in [0.3, 0.4) is 0 Å². The number of aromatic nitrogens is 1. The Kier molecular flexibility index (Phi) is 7.46. The fraction of sp³-hybridized carbons (Fsp3) is 0.0645. The van der Waals surface area contributed by atoms with Gasteiger partial charge in [-0.2, -0.15) is 0 Å².